The Labute approximate surface area is 139 Å². The maximum atomic E-state index is 10.9. The highest BCUT2D eigenvalue weighted by Crippen LogP contribution is 2.30. The van der Waals surface area contributed by atoms with E-state index in [2.05, 4.69) is 17.3 Å². The summed E-state index contributed by atoms with van der Waals surface area (Å²) in [6.45, 7) is 0.561. The molecule has 1 aromatic heterocycles. The Bertz CT molecular complexity index is 811. The summed E-state index contributed by atoms with van der Waals surface area (Å²) in [6, 6.07) is 19.0. The lowest BCUT2D eigenvalue weighted by Crippen LogP contribution is -2.00. The molecule has 0 radical (unpaired) electrons. The van der Waals surface area contributed by atoms with Gasteiger partial charge < -0.3 is 14.4 Å². The summed E-state index contributed by atoms with van der Waals surface area (Å²) < 4.78 is 11.0. The standard InChI is InChI=1S/C19H17NO4/c21-19(22)16-13-18(24-20-16)15-10-4-5-11-17(15)23-12-6-9-14-7-2-1-3-8-14/h1-5,7-8,10-11,13H,6,9,12H2,(H,21,22). The van der Waals surface area contributed by atoms with Gasteiger partial charge in [-0.05, 0) is 30.5 Å². The number of carboxylic acids is 1. The minimum absolute atomic E-state index is 0.121. The van der Waals surface area contributed by atoms with E-state index in [0.29, 0.717) is 23.7 Å². The molecule has 0 aliphatic rings. The largest absolute Gasteiger partial charge is 0.493 e. The molecule has 3 rings (SSSR count). The molecule has 24 heavy (non-hydrogen) atoms. The van der Waals surface area contributed by atoms with Gasteiger partial charge in [0.15, 0.2) is 11.5 Å². The predicted octanol–water partition coefficient (Wildman–Crippen LogP) is 4.05. The van der Waals surface area contributed by atoms with Crippen molar-refractivity contribution in [3.63, 3.8) is 0 Å². The van der Waals surface area contributed by atoms with Gasteiger partial charge in [-0.15, -0.1) is 0 Å². The smallest absolute Gasteiger partial charge is 0.358 e. The van der Waals surface area contributed by atoms with Gasteiger partial charge in [0.1, 0.15) is 5.75 Å². The summed E-state index contributed by atoms with van der Waals surface area (Å²) in [6.07, 6.45) is 1.82. The second kappa shape index (κ2) is 7.46. The number of rotatable bonds is 7. The lowest BCUT2D eigenvalue weighted by molar-refractivity contribution is 0.0686. The van der Waals surface area contributed by atoms with Crippen LogP contribution in [0.15, 0.2) is 65.2 Å². The van der Waals surface area contributed by atoms with Crippen LogP contribution in [0, 0.1) is 0 Å². The van der Waals surface area contributed by atoms with E-state index in [1.807, 2.05) is 42.5 Å². The summed E-state index contributed by atoms with van der Waals surface area (Å²) in [5, 5.41) is 12.5. The van der Waals surface area contributed by atoms with Crippen LogP contribution >= 0.6 is 0 Å². The number of nitrogens with zero attached hydrogens (tertiary/aromatic N) is 1. The number of aromatic carboxylic acids is 1. The van der Waals surface area contributed by atoms with Crippen LogP contribution in [-0.2, 0) is 6.42 Å². The van der Waals surface area contributed by atoms with E-state index in [9.17, 15) is 4.79 Å². The highest BCUT2D eigenvalue weighted by atomic mass is 16.5. The van der Waals surface area contributed by atoms with Crippen molar-refractivity contribution >= 4 is 5.97 Å². The molecule has 0 unspecified atom stereocenters. The Morgan fingerprint density at radius 2 is 1.83 bits per heavy atom. The zero-order valence-electron chi connectivity index (χ0n) is 13.0. The van der Waals surface area contributed by atoms with E-state index in [4.69, 9.17) is 14.4 Å². The average Bonchev–Trinajstić information content (AvgIpc) is 3.10. The third-order valence-electron chi connectivity index (χ3n) is 3.59. The fourth-order valence-corrected chi connectivity index (χ4v) is 2.40. The number of aryl methyl sites for hydroxylation is 1. The fourth-order valence-electron chi connectivity index (χ4n) is 2.40. The number of hydrogen-bond donors (Lipinski definition) is 1. The van der Waals surface area contributed by atoms with Crippen LogP contribution < -0.4 is 4.74 Å². The molecule has 5 nitrogen and oxygen atoms in total. The highest BCUT2D eigenvalue weighted by Gasteiger charge is 2.15. The maximum Gasteiger partial charge on any atom is 0.358 e. The van der Waals surface area contributed by atoms with Crippen molar-refractivity contribution in [3.05, 3.63) is 71.9 Å². The molecule has 2 aromatic carbocycles. The first-order valence-corrected chi connectivity index (χ1v) is 7.70. The predicted molar refractivity (Wildman–Crippen MR) is 89.2 cm³/mol. The van der Waals surface area contributed by atoms with E-state index >= 15 is 0 Å². The van der Waals surface area contributed by atoms with E-state index in [0.717, 1.165) is 12.8 Å². The van der Waals surface area contributed by atoms with Gasteiger partial charge in [0.2, 0.25) is 0 Å². The number of hydrogen-bond acceptors (Lipinski definition) is 4. The molecule has 0 saturated carbocycles. The molecule has 0 saturated heterocycles. The number of carbonyl (C=O) groups is 1. The summed E-state index contributed by atoms with van der Waals surface area (Å²) in [5.41, 5.74) is 1.84. The quantitative estimate of drug-likeness (QED) is 0.664. The summed E-state index contributed by atoms with van der Waals surface area (Å²) >= 11 is 0. The number of carboxylic acid groups (broad SMARTS) is 1. The van der Waals surface area contributed by atoms with E-state index in [1.165, 1.54) is 11.6 Å². The third-order valence-corrected chi connectivity index (χ3v) is 3.59. The summed E-state index contributed by atoms with van der Waals surface area (Å²) in [5.74, 6) is -0.0871. The Morgan fingerprint density at radius 1 is 1.08 bits per heavy atom. The van der Waals surface area contributed by atoms with Gasteiger partial charge in [-0.2, -0.15) is 0 Å². The molecular formula is C19H17NO4. The van der Waals surface area contributed by atoms with Crippen molar-refractivity contribution in [1.29, 1.82) is 0 Å². The molecule has 5 heteroatoms. The van der Waals surface area contributed by atoms with Gasteiger partial charge >= 0.3 is 5.97 Å². The summed E-state index contributed by atoms with van der Waals surface area (Å²) in [4.78, 5) is 10.9. The first-order valence-electron chi connectivity index (χ1n) is 7.70. The van der Waals surface area contributed by atoms with Crippen molar-refractivity contribution in [2.24, 2.45) is 0 Å². The molecule has 122 valence electrons. The van der Waals surface area contributed by atoms with Crippen LogP contribution in [0.1, 0.15) is 22.5 Å². The first-order chi connectivity index (χ1) is 11.7. The zero-order valence-corrected chi connectivity index (χ0v) is 13.0. The summed E-state index contributed by atoms with van der Waals surface area (Å²) in [7, 11) is 0. The first kappa shape index (κ1) is 15.8. The second-order valence-corrected chi connectivity index (χ2v) is 5.32. The molecular weight excluding hydrogens is 306 g/mol. The van der Waals surface area contributed by atoms with E-state index in [-0.39, 0.29) is 5.69 Å². The zero-order chi connectivity index (χ0) is 16.8. The molecule has 1 N–H and O–H groups in total. The molecule has 0 aliphatic heterocycles. The van der Waals surface area contributed by atoms with Gasteiger partial charge in [0.25, 0.3) is 0 Å². The van der Waals surface area contributed by atoms with Crippen molar-refractivity contribution in [2.75, 3.05) is 6.61 Å². The van der Waals surface area contributed by atoms with Crippen LogP contribution in [0.5, 0.6) is 5.75 Å². The Hall–Kier alpha value is -3.08. The number of benzene rings is 2. The SMILES string of the molecule is O=C(O)c1cc(-c2ccccc2OCCCc2ccccc2)on1. The van der Waals surface area contributed by atoms with Gasteiger partial charge in [-0.3, -0.25) is 0 Å². The number of para-hydroxylation sites is 1. The molecule has 0 spiro atoms. The van der Waals surface area contributed by atoms with Crippen molar-refractivity contribution < 1.29 is 19.2 Å². The molecule has 0 amide bonds. The molecule has 0 bridgehead atoms. The van der Waals surface area contributed by atoms with E-state index in [1.54, 1.807) is 0 Å². The fraction of sp³-hybridized carbons (Fsp3) is 0.158. The van der Waals surface area contributed by atoms with Crippen LogP contribution in [0.3, 0.4) is 0 Å². The minimum atomic E-state index is -1.12. The van der Waals surface area contributed by atoms with Gasteiger partial charge in [-0.25, -0.2) is 4.79 Å². The van der Waals surface area contributed by atoms with Crippen molar-refractivity contribution in [2.45, 2.75) is 12.8 Å². The monoisotopic (exact) mass is 323 g/mol. The van der Waals surface area contributed by atoms with Gasteiger partial charge in [0, 0.05) is 6.07 Å². The van der Waals surface area contributed by atoms with Gasteiger partial charge in [0.05, 0.1) is 12.2 Å². The van der Waals surface area contributed by atoms with Gasteiger partial charge in [-0.1, -0.05) is 47.6 Å². The Morgan fingerprint density at radius 3 is 2.58 bits per heavy atom. The molecule has 0 fully saturated rings. The lowest BCUT2D eigenvalue weighted by atomic mass is 10.1. The van der Waals surface area contributed by atoms with Crippen LogP contribution in [0.2, 0.25) is 0 Å². The van der Waals surface area contributed by atoms with Crippen LogP contribution in [0.25, 0.3) is 11.3 Å². The third kappa shape index (κ3) is 3.81. The maximum absolute atomic E-state index is 10.9. The topological polar surface area (TPSA) is 72.6 Å². The molecule has 0 aliphatic carbocycles. The van der Waals surface area contributed by atoms with Crippen LogP contribution in [-0.4, -0.2) is 22.8 Å². The van der Waals surface area contributed by atoms with Crippen LogP contribution in [0.4, 0.5) is 0 Å². The Kier molecular flexibility index (Phi) is 4.91. The molecule has 1 heterocycles. The molecule has 3 aromatic rings. The minimum Gasteiger partial charge on any atom is -0.493 e. The lowest BCUT2D eigenvalue weighted by Gasteiger charge is -2.09. The highest BCUT2D eigenvalue weighted by molar-refractivity contribution is 5.86. The average molecular weight is 323 g/mol. The van der Waals surface area contributed by atoms with Crippen molar-refractivity contribution in [1.82, 2.24) is 5.16 Å². The number of ether oxygens (including phenoxy) is 1. The normalized spacial score (nSPS) is 10.5. The second-order valence-electron chi connectivity index (χ2n) is 5.32. The molecule has 0 atom stereocenters. The van der Waals surface area contributed by atoms with E-state index < -0.39 is 5.97 Å². The Balaban J connectivity index is 1.64. The van der Waals surface area contributed by atoms with Crippen molar-refractivity contribution in [3.8, 4) is 17.1 Å². The number of aromatic nitrogens is 1.